The topological polar surface area (TPSA) is 59.3 Å². The van der Waals surface area contributed by atoms with Crippen molar-refractivity contribution in [3.63, 3.8) is 0 Å². The Morgan fingerprint density at radius 2 is 2.25 bits per heavy atom. The Morgan fingerprint density at radius 3 is 2.75 bits per heavy atom. The lowest BCUT2D eigenvalue weighted by molar-refractivity contribution is 0.0524. The van der Waals surface area contributed by atoms with E-state index in [2.05, 4.69) is 0 Å². The second kappa shape index (κ2) is 5.70. The number of carbonyl (C=O) groups excluding carboxylic acids is 1. The fourth-order valence-corrected chi connectivity index (χ4v) is 1.91. The van der Waals surface area contributed by atoms with E-state index < -0.39 is 5.97 Å². The quantitative estimate of drug-likeness (QED) is 0.630. The molecule has 16 heavy (non-hydrogen) atoms. The SMILES string of the molecule is CCOC(=O)c1c(I)ccc(OC)c1C#N. The second-order valence-electron chi connectivity index (χ2n) is 2.83. The molecule has 0 aliphatic carbocycles. The van der Waals surface area contributed by atoms with E-state index in [9.17, 15) is 4.79 Å². The predicted octanol–water partition coefficient (Wildman–Crippen LogP) is 2.35. The summed E-state index contributed by atoms with van der Waals surface area (Å²) in [7, 11) is 1.46. The number of halogens is 1. The summed E-state index contributed by atoms with van der Waals surface area (Å²) in [6.07, 6.45) is 0. The van der Waals surface area contributed by atoms with Gasteiger partial charge in [-0.25, -0.2) is 4.79 Å². The first-order valence-corrected chi connectivity index (χ1v) is 5.67. The number of esters is 1. The number of nitrogens with zero attached hydrogens (tertiary/aromatic N) is 1. The molecule has 0 amide bonds. The summed E-state index contributed by atoms with van der Waals surface area (Å²) in [5, 5.41) is 9.03. The third kappa shape index (κ3) is 2.44. The molecule has 0 spiro atoms. The van der Waals surface area contributed by atoms with E-state index >= 15 is 0 Å². The zero-order valence-electron chi connectivity index (χ0n) is 8.91. The molecule has 4 nitrogen and oxygen atoms in total. The lowest BCUT2D eigenvalue weighted by atomic mass is 10.1. The number of nitriles is 1. The molecule has 0 aliphatic heterocycles. The van der Waals surface area contributed by atoms with Gasteiger partial charge in [0, 0.05) is 3.57 Å². The van der Waals surface area contributed by atoms with E-state index in [-0.39, 0.29) is 17.7 Å². The first-order chi connectivity index (χ1) is 7.65. The normalized spacial score (nSPS) is 9.38. The van der Waals surface area contributed by atoms with Crippen LogP contribution >= 0.6 is 22.6 Å². The molecule has 0 aliphatic rings. The van der Waals surface area contributed by atoms with Crippen LogP contribution in [0.1, 0.15) is 22.8 Å². The van der Waals surface area contributed by atoms with E-state index in [1.807, 2.05) is 28.7 Å². The maximum absolute atomic E-state index is 11.7. The molecule has 84 valence electrons. The molecule has 0 saturated heterocycles. The zero-order valence-corrected chi connectivity index (χ0v) is 11.1. The summed E-state index contributed by atoms with van der Waals surface area (Å²) in [6, 6.07) is 5.34. The third-order valence-corrected chi connectivity index (χ3v) is 2.83. The van der Waals surface area contributed by atoms with Gasteiger partial charge in [0.1, 0.15) is 17.4 Å². The Hall–Kier alpha value is -1.29. The van der Waals surface area contributed by atoms with Crippen LogP contribution in [0.3, 0.4) is 0 Å². The van der Waals surface area contributed by atoms with Crippen LogP contribution in [0.25, 0.3) is 0 Å². The Labute approximate surface area is 107 Å². The van der Waals surface area contributed by atoms with Crippen molar-refractivity contribution >= 4 is 28.6 Å². The van der Waals surface area contributed by atoms with Gasteiger partial charge in [0.25, 0.3) is 0 Å². The van der Waals surface area contributed by atoms with Gasteiger partial charge < -0.3 is 9.47 Å². The minimum Gasteiger partial charge on any atom is -0.495 e. The van der Waals surface area contributed by atoms with Gasteiger partial charge in [0.2, 0.25) is 0 Å². The molecular formula is C11H10INO3. The molecule has 1 rings (SSSR count). The van der Waals surface area contributed by atoms with Gasteiger partial charge in [-0.3, -0.25) is 0 Å². The van der Waals surface area contributed by atoms with E-state index in [4.69, 9.17) is 14.7 Å². The molecule has 0 fully saturated rings. The van der Waals surface area contributed by atoms with Gasteiger partial charge >= 0.3 is 5.97 Å². The van der Waals surface area contributed by atoms with Crippen LogP contribution in [0, 0.1) is 14.9 Å². The lowest BCUT2D eigenvalue weighted by Gasteiger charge is -2.09. The van der Waals surface area contributed by atoms with E-state index in [0.717, 1.165) is 0 Å². The Balaban J connectivity index is 3.35. The number of methoxy groups -OCH3 is 1. The summed E-state index contributed by atoms with van der Waals surface area (Å²) in [4.78, 5) is 11.7. The van der Waals surface area contributed by atoms with Crippen molar-refractivity contribution in [2.24, 2.45) is 0 Å². The van der Waals surface area contributed by atoms with Gasteiger partial charge in [-0.15, -0.1) is 0 Å². The molecule has 1 aromatic carbocycles. The minimum atomic E-state index is -0.498. The van der Waals surface area contributed by atoms with Gasteiger partial charge in [-0.2, -0.15) is 5.26 Å². The van der Waals surface area contributed by atoms with Crippen molar-refractivity contribution in [2.75, 3.05) is 13.7 Å². The molecule has 0 radical (unpaired) electrons. The molecule has 0 atom stereocenters. The summed E-state index contributed by atoms with van der Waals surface area (Å²) in [5.74, 6) is -0.117. The third-order valence-electron chi connectivity index (χ3n) is 1.93. The highest BCUT2D eigenvalue weighted by Crippen LogP contribution is 2.26. The highest BCUT2D eigenvalue weighted by molar-refractivity contribution is 14.1. The molecule has 0 N–H and O–H groups in total. The first kappa shape index (κ1) is 12.8. The number of carbonyl (C=O) groups is 1. The van der Waals surface area contributed by atoms with Crippen LogP contribution in [-0.4, -0.2) is 19.7 Å². The molecule has 0 unspecified atom stereocenters. The van der Waals surface area contributed by atoms with E-state index in [0.29, 0.717) is 9.32 Å². The van der Waals surface area contributed by atoms with Crippen molar-refractivity contribution in [3.05, 3.63) is 26.8 Å². The van der Waals surface area contributed by atoms with Gasteiger partial charge in [-0.05, 0) is 41.6 Å². The Bertz CT molecular complexity index is 451. The largest absolute Gasteiger partial charge is 0.495 e. The molecule has 1 aromatic rings. The maximum Gasteiger partial charge on any atom is 0.340 e. The molecule has 5 heteroatoms. The summed E-state index contributed by atoms with van der Waals surface area (Å²) >= 11 is 1.99. The summed E-state index contributed by atoms with van der Waals surface area (Å²) < 4.78 is 10.6. The highest BCUT2D eigenvalue weighted by atomic mass is 127. The van der Waals surface area contributed by atoms with Crippen molar-refractivity contribution in [3.8, 4) is 11.8 Å². The van der Waals surface area contributed by atoms with Crippen molar-refractivity contribution < 1.29 is 14.3 Å². The van der Waals surface area contributed by atoms with Gasteiger partial charge in [-0.1, -0.05) is 0 Å². The van der Waals surface area contributed by atoms with Crippen molar-refractivity contribution in [2.45, 2.75) is 6.92 Å². The van der Waals surface area contributed by atoms with Crippen LogP contribution < -0.4 is 4.74 Å². The Kier molecular flexibility index (Phi) is 4.55. The van der Waals surface area contributed by atoms with Gasteiger partial charge in [0.15, 0.2) is 0 Å². The predicted molar refractivity (Wildman–Crippen MR) is 66.4 cm³/mol. The Morgan fingerprint density at radius 1 is 1.56 bits per heavy atom. The fraction of sp³-hybridized carbons (Fsp3) is 0.273. The average molecular weight is 331 g/mol. The monoisotopic (exact) mass is 331 g/mol. The summed E-state index contributed by atoms with van der Waals surface area (Å²) in [5.41, 5.74) is 0.483. The van der Waals surface area contributed by atoms with Crippen LogP contribution in [0.15, 0.2) is 12.1 Å². The number of benzene rings is 1. The second-order valence-corrected chi connectivity index (χ2v) is 3.99. The van der Waals surface area contributed by atoms with Crippen LogP contribution in [0.5, 0.6) is 5.75 Å². The zero-order chi connectivity index (χ0) is 12.1. The molecule has 0 saturated carbocycles. The standard InChI is InChI=1S/C11H10INO3/c1-3-16-11(14)10-7(6-13)9(15-2)5-4-8(10)12/h4-5H,3H2,1-2H3. The molecule has 0 aromatic heterocycles. The number of ether oxygens (including phenoxy) is 2. The van der Waals surface area contributed by atoms with Crippen LogP contribution in [-0.2, 0) is 4.74 Å². The number of hydrogen-bond acceptors (Lipinski definition) is 4. The smallest absolute Gasteiger partial charge is 0.340 e. The van der Waals surface area contributed by atoms with Crippen LogP contribution in [0.4, 0.5) is 0 Å². The average Bonchev–Trinajstić information content (AvgIpc) is 2.28. The first-order valence-electron chi connectivity index (χ1n) is 4.59. The molecule has 0 bridgehead atoms. The van der Waals surface area contributed by atoms with E-state index in [1.54, 1.807) is 19.1 Å². The van der Waals surface area contributed by atoms with E-state index in [1.165, 1.54) is 7.11 Å². The number of rotatable bonds is 3. The summed E-state index contributed by atoms with van der Waals surface area (Å²) in [6.45, 7) is 1.99. The highest BCUT2D eigenvalue weighted by Gasteiger charge is 2.20. The van der Waals surface area contributed by atoms with Crippen LogP contribution in [0.2, 0.25) is 0 Å². The molecular weight excluding hydrogens is 321 g/mol. The number of hydrogen-bond donors (Lipinski definition) is 0. The maximum atomic E-state index is 11.7. The van der Waals surface area contributed by atoms with Crippen molar-refractivity contribution in [1.82, 2.24) is 0 Å². The molecule has 0 heterocycles. The lowest BCUT2D eigenvalue weighted by Crippen LogP contribution is -2.10. The van der Waals surface area contributed by atoms with Crippen molar-refractivity contribution in [1.29, 1.82) is 5.26 Å². The van der Waals surface area contributed by atoms with Gasteiger partial charge in [0.05, 0.1) is 19.3 Å². The minimum absolute atomic E-state index is 0.216. The fourth-order valence-electron chi connectivity index (χ4n) is 1.24.